The predicted octanol–water partition coefficient (Wildman–Crippen LogP) is 2.76. The first-order valence-electron chi connectivity index (χ1n) is 7.71. The average molecular weight is 288 g/mol. The molecule has 1 aromatic heterocycles. The van der Waals surface area contributed by atoms with Crippen molar-refractivity contribution in [3.8, 4) is 11.5 Å². The maximum absolute atomic E-state index is 6.16. The van der Waals surface area contributed by atoms with Gasteiger partial charge in [-0.2, -0.15) is 0 Å². The molecule has 1 atom stereocenters. The highest BCUT2D eigenvalue weighted by atomic mass is 16.6. The molecular formula is C16H20N2O3. The second-order valence-corrected chi connectivity index (χ2v) is 5.89. The highest BCUT2D eigenvalue weighted by Crippen LogP contribution is 2.39. The Morgan fingerprint density at radius 1 is 1.24 bits per heavy atom. The van der Waals surface area contributed by atoms with E-state index in [9.17, 15) is 0 Å². The summed E-state index contributed by atoms with van der Waals surface area (Å²) in [7, 11) is 0. The Labute approximate surface area is 123 Å². The van der Waals surface area contributed by atoms with Gasteiger partial charge < -0.3 is 13.9 Å². The summed E-state index contributed by atoms with van der Waals surface area (Å²) in [5.74, 6) is 2.12. The number of fused-ring (bicyclic) bond motifs is 3. The molecule has 2 aliphatic heterocycles. The molecule has 0 saturated carbocycles. The molecule has 1 fully saturated rings. The van der Waals surface area contributed by atoms with Crippen molar-refractivity contribution in [2.24, 2.45) is 0 Å². The summed E-state index contributed by atoms with van der Waals surface area (Å²) in [5, 5.41) is 0. The van der Waals surface area contributed by atoms with Crippen molar-refractivity contribution in [2.75, 3.05) is 26.2 Å². The van der Waals surface area contributed by atoms with Gasteiger partial charge in [0, 0.05) is 13.5 Å². The number of hydrogen-bond donors (Lipinski definition) is 0. The van der Waals surface area contributed by atoms with Gasteiger partial charge >= 0.3 is 0 Å². The summed E-state index contributed by atoms with van der Waals surface area (Å²) < 4.78 is 17.7. The summed E-state index contributed by atoms with van der Waals surface area (Å²) in [6.07, 6.45) is 3.98. The monoisotopic (exact) mass is 288 g/mol. The Morgan fingerprint density at radius 3 is 2.95 bits per heavy atom. The molecule has 0 amide bonds. The van der Waals surface area contributed by atoms with E-state index in [2.05, 4.69) is 9.88 Å². The normalized spacial score (nSPS) is 22.6. The number of nitrogens with zero attached hydrogens (tertiary/aromatic N) is 2. The van der Waals surface area contributed by atoms with Gasteiger partial charge in [-0.05, 0) is 38.1 Å². The predicted molar refractivity (Wildman–Crippen MR) is 78.9 cm³/mol. The van der Waals surface area contributed by atoms with Crippen molar-refractivity contribution >= 4 is 11.1 Å². The lowest BCUT2D eigenvalue weighted by Crippen LogP contribution is -2.42. The number of hydrogen-bond acceptors (Lipinski definition) is 5. The fourth-order valence-electron chi connectivity index (χ4n) is 3.19. The van der Waals surface area contributed by atoms with Crippen LogP contribution in [0.4, 0.5) is 0 Å². The first-order chi connectivity index (χ1) is 10.3. The van der Waals surface area contributed by atoms with Gasteiger partial charge in [0.25, 0.3) is 0 Å². The largest absolute Gasteiger partial charge is 0.486 e. The molecular weight excluding hydrogens is 268 g/mol. The maximum Gasteiger partial charge on any atom is 0.207 e. The molecule has 4 rings (SSSR count). The number of likely N-dealkylation sites (tertiary alicyclic amines) is 1. The highest BCUT2D eigenvalue weighted by molar-refractivity contribution is 5.82. The number of aromatic nitrogens is 1. The molecule has 1 aromatic carbocycles. The van der Waals surface area contributed by atoms with Crippen LogP contribution in [0.1, 0.15) is 25.2 Å². The van der Waals surface area contributed by atoms with Crippen molar-refractivity contribution < 1.29 is 13.9 Å². The lowest BCUT2D eigenvalue weighted by atomic mass is 10.1. The van der Waals surface area contributed by atoms with Crippen molar-refractivity contribution in [3.05, 3.63) is 18.0 Å². The molecule has 21 heavy (non-hydrogen) atoms. The van der Waals surface area contributed by atoms with Gasteiger partial charge in [0.05, 0.1) is 0 Å². The molecule has 2 aliphatic rings. The third-order valence-electron chi connectivity index (χ3n) is 4.20. The minimum Gasteiger partial charge on any atom is -0.486 e. The van der Waals surface area contributed by atoms with E-state index in [0.717, 1.165) is 17.8 Å². The van der Waals surface area contributed by atoms with Crippen LogP contribution in [0.5, 0.6) is 11.5 Å². The molecule has 1 unspecified atom stereocenters. The second-order valence-electron chi connectivity index (χ2n) is 5.89. The van der Waals surface area contributed by atoms with Crippen LogP contribution in [0.3, 0.4) is 0 Å². The number of rotatable bonds is 2. The fourth-order valence-corrected chi connectivity index (χ4v) is 3.19. The average Bonchev–Trinajstić information content (AvgIpc) is 2.89. The first-order valence-corrected chi connectivity index (χ1v) is 7.71. The van der Waals surface area contributed by atoms with Crippen LogP contribution in [0.2, 0.25) is 0 Å². The Hall–Kier alpha value is -1.75. The molecule has 5 nitrogen and oxygen atoms in total. The van der Waals surface area contributed by atoms with E-state index in [4.69, 9.17) is 13.9 Å². The van der Waals surface area contributed by atoms with Gasteiger partial charge in [-0.3, -0.25) is 4.90 Å². The van der Waals surface area contributed by atoms with Crippen molar-refractivity contribution in [1.29, 1.82) is 0 Å². The SMILES string of the molecule is Cc1nc2ccc3c(c2o1)OC(CN1CCCCC1)CO3. The van der Waals surface area contributed by atoms with Gasteiger partial charge in [0.15, 0.2) is 11.6 Å². The zero-order valence-electron chi connectivity index (χ0n) is 12.3. The number of aryl methyl sites for hydroxylation is 1. The zero-order chi connectivity index (χ0) is 14.2. The van der Waals surface area contributed by atoms with Crippen molar-refractivity contribution in [1.82, 2.24) is 9.88 Å². The van der Waals surface area contributed by atoms with E-state index in [0.29, 0.717) is 23.8 Å². The molecule has 2 aromatic rings. The van der Waals surface area contributed by atoms with Crippen LogP contribution < -0.4 is 9.47 Å². The van der Waals surface area contributed by atoms with E-state index in [1.54, 1.807) is 0 Å². The van der Waals surface area contributed by atoms with Crippen LogP contribution in [0.15, 0.2) is 16.5 Å². The van der Waals surface area contributed by atoms with Crippen LogP contribution >= 0.6 is 0 Å². The molecule has 0 aliphatic carbocycles. The second kappa shape index (κ2) is 5.22. The van der Waals surface area contributed by atoms with E-state index < -0.39 is 0 Å². The van der Waals surface area contributed by atoms with Gasteiger partial charge in [-0.1, -0.05) is 6.42 Å². The third kappa shape index (κ3) is 2.46. The van der Waals surface area contributed by atoms with Gasteiger partial charge in [0.2, 0.25) is 11.3 Å². The fraction of sp³-hybridized carbons (Fsp3) is 0.562. The summed E-state index contributed by atoms with van der Waals surface area (Å²) >= 11 is 0. The molecule has 0 spiro atoms. The van der Waals surface area contributed by atoms with E-state index >= 15 is 0 Å². The van der Waals surface area contributed by atoms with Crippen LogP contribution in [0, 0.1) is 6.92 Å². The lowest BCUT2D eigenvalue weighted by molar-refractivity contribution is 0.0538. The Balaban J connectivity index is 1.56. The minimum atomic E-state index is 0.0617. The van der Waals surface area contributed by atoms with E-state index in [1.165, 1.54) is 32.4 Å². The minimum absolute atomic E-state index is 0.0617. The van der Waals surface area contributed by atoms with Crippen molar-refractivity contribution in [3.63, 3.8) is 0 Å². The number of oxazole rings is 1. The number of benzene rings is 1. The van der Waals surface area contributed by atoms with Crippen LogP contribution in [-0.2, 0) is 0 Å². The first kappa shape index (κ1) is 13.0. The molecule has 5 heteroatoms. The summed E-state index contributed by atoms with van der Waals surface area (Å²) in [6.45, 7) is 5.70. The van der Waals surface area contributed by atoms with E-state index in [-0.39, 0.29) is 6.10 Å². The lowest BCUT2D eigenvalue weighted by Gasteiger charge is -2.33. The smallest absolute Gasteiger partial charge is 0.207 e. The van der Waals surface area contributed by atoms with Gasteiger partial charge in [-0.25, -0.2) is 4.98 Å². The van der Waals surface area contributed by atoms with Crippen LogP contribution in [-0.4, -0.2) is 42.2 Å². The molecule has 3 heterocycles. The molecule has 1 saturated heterocycles. The molecule has 0 bridgehead atoms. The molecule has 0 radical (unpaired) electrons. The van der Waals surface area contributed by atoms with Crippen LogP contribution in [0.25, 0.3) is 11.1 Å². The maximum atomic E-state index is 6.16. The number of ether oxygens (including phenoxy) is 2. The molecule has 0 N–H and O–H groups in total. The van der Waals surface area contributed by atoms with Gasteiger partial charge in [0.1, 0.15) is 18.2 Å². The summed E-state index contributed by atoms with van der Waals surface area (Å²) in [6, 6.07) is 3.83. The molecule has 112 valence electrons. The summed E-state index contributed by atoms with van der Waals surface area (Å²) in [4.78, 5) is 6.82. The topological polar surface area (TPSA) is 47.7 Å². The Kier molecular flexibility index (Phi) is 3.22. The number of piperidine rings is 1. The summed E-state index contributed by atoms with van der Waals surface area (Å²) in [5.41, 5.74) is 1.53. The van der Waals surface area contributed by atoms with Crippen molar-refractivity contribution in [2.45, 2.75) is 32.3 Å². The van der Waals surface area contributed by atoms with E-state index in [1.807, 2.05) is 19.1 Å². The quantitative estimate of drug-likeness (QED) is 0.850. The Bertz CT molecular complexity index is 646. The third-order valence-corrected chi connectivity index (χ3v) is 4.20. The van der Waals surface area contributed by atoms with Gasteiger partial charge in [-0.15, -0.1) is 0 Å². The highest BCUT2D eigenvalue weighted by Gasteiger charge is 2.27. The standard InChI is InChI=1S/C16H20N2O3/c1-11-17-13-5-6-14-16(15(13)20-11)21-12(10-19-14)9-18-7-3-2-4-8-18/h5-6,12H,2-4,7-10H2,1H3. The zero-order valence-corrected chi connectivity index (χ0v) is 12.3. The Morgan fingerprint density at radius 2 is 2.10 bits per heavy atom.